The molecule has 1 aromatic carbocycles. The smallest absolute Gasteiger partial charge is 0.274 e. The van der Waals surface area contributed by atoms with Gasteiger partial charge in [0, 0.05) is 25.2 Å². The van der Waals surface area contributed by atoms with Crippen molar-refractivity contribution in [2.24, 2.45) is 0 Å². The molecule has 0 atom stereocenters. The molecule has 1 amide bonds. The van der Waals surface area contributed by atoms with Crippen molar-refractivity contribution in [1.29, 1.82) is 0 Å². The Morgan fingerprint density at radius 3 is 2.50 bits per heavy atom. The molecule has 0 bridgehead atoms. The Bertz CT molecular complexity index is 730. The van der Waals surface area contributed by atoms with E-state index in [1.54, 1.807) is 6.07 Å². The summed E-state index contributed by atoms with van der Waals surface area (Å²) < 4.78 is 26.6. The third-order valence-electron chi connectivity index (χ3n) is 3.99. The molecular weight excluding hydrogens is 314 g/mol. The maximum absolute atomic E-state index is 13.6. The van der Waals surface area contributed by atoms with Crippen LogP contribution in [0.25, 0.3) is 0 Å². The second-order valence-corrected chi connectivity index (χ2v) is 5.74. The van der Waals surface area contributed by atoms with E-state index in [0.717, 1.165) is 38.1 Å². The van der Waals surface area contributed by atoms with Crippen LogP contribution in [-0.2, 0) is 0 Å². The first kappa shape index (κ1) is 16.3. The van der Waals surface area contributed by atoms with Gasteiger partial charge in [0.1, 0.15) is 29.5 Å². The van der Waals surface area contributed by atoms with Crippen molar-refractivity contribution in [3.05, 3.63) is 47.9 Å². The second-order valence-electron chi connectivity index (χ2n) is 5.74. The fraction of sp³-hybridized carbons (Fsp3) is 0.353. The van der Waals surface area contributed by atoms with Gasteiger partial charge in [-0.1, -0.05) is 12.8 Å². The molecule has 0 aliphatic carbocycles. The molecule has 1 fully saturated rings. The van der Waals surface area contributed by atoms with E-state index in [-0.39, 0.29) is 11.4 Å². The summed E-state index contributed by atoms with van der Waals surface area (Å²) in [5, 5.41) is 2.41. The highest BCUT2D eigenvalue weighted by Crippen LogP contribution is 2.19. The van der Waals surface area contributed by atoms with Crippen molar-refractivity contribution < 1.29 is 13.6 Å². The highest BCUT2D eigenvalue weighted by Gasteiger charge is 2.16. The number of halogens is 2. The highest BCUT2D eigenvalue weighted by atomic mass is 19.1. The molecule has 3 rings (SSSR count). The number of hydrogen-bond acceptors (Lipinski definition) is 4. The number of amides is 1. The molecule has 7 heteroatoms. The van der Waals surface area contributed by atoms with E-state index in [9.17, 15) is 13.6 Å². The molecule has 0 spiro atoms. The van der Waals surface area contributed by atoms with Crippen LogP contribution in [0.1, 0.15) is 36.2 Å². The minimum atomic E-state index is -0.829. The molecule has 2 aromatic rings. The standard InChI is InChI=1S/C17H18F2N4O/c18-12-5-6-14(13(19)9-12)22-17(24)15-10-16(21-11-20-15)23-7-3-1-2-4-8-23/h5-6,9-11H,1-4,7-8H2,(H,22,24). The first-order valence-electron chi connectivity index (χ1n) is 7.97. The Morgan fingerprint density at radius 2 is 1.79 bits per heavy atom. The van der Waals surface area contributed by atoms with Gasteiger partial charge in [0.05, 0.1) is 5.69 Å². The maximum atomic E-state index is 13.6. The Kier molecular flexibility index (Phi) is 4.98. The van der Waals surface area contributed by atoms with Crippen LogP contribution in [0.4, 0.5) is 20.3 Å². The van der Waals surface area contributed by atoms with E-state index >= 15 is 0 Å². The Labute approximate surface area is 138 Å². The summed E-state index contributed by atoms with van der Waals surface area (Å²) in [4.78, 5) is 22.6. The first-order chi connectivity index (χ1) is 11.6. The summed E-state index contributed by atoms with van der Waals surface area (Å²) in [6, 6.07) is 4.58. The molecule has 1 aliphatic heterocycles. The van der Waals surface area contributed by atoms with Crippen molar-refractivity contribution in [3.8, 4) is 0 Å². The van der Waals surface area contributed by atoms with Crippen molar-refractivity contribution >= 4 is 17.4 Å². The van der Waals surface area contributed by atoms with Gasteiger partial charge in [0.2, 0.25) is 0 Å². The van der Waals surface area contributed by atoms with Gasteiger partial charge in [-0.3, -0.25) is 4.79 Å². The molecule has 1 saturated heterocycles. The predicted octanol–water partition coefficient (Wildman–Crippen LogP) is 3.39. The van der Waals surface area contributed by atoms with E-state index in [1.807, 2.05) is 0 Å². The molecule has 1 N–H and O–H groups in total. The zero-order valence-electron chi connectivity index (χ0n) is 13.1. The normalized spacial score (nSPS) is 15.0. The molecule has 5 nitrogen and oxygen atoms in total. The third-order valence-corrected chi connectivity index (χ3v) is 3.99. The minimum Gasteiger partial charge on any atom is -0.357 e. The topological polar surface area (TPSA) is 58.1 Å². The van der Waals surface area contributed by atoms with Gasteiger partial charge in [-0.25, -0.2) is 18.7 Å². The Hall–Kier alpha value is -2.57. The van der Waals surface area contributed by atoms with E-state index in [1.165, 1.54) is 25.2 Å². The first-order valence-corrected chi connectivity index (χ1v) is 7.97. The largest absolute Gasteiger partial charge is 0.357 e. The average Bonchev–Trinajstić information content (AvgIpc) is 2.87. The lowest BCUT2D eigenvalue weighted by molar-refractivity contribution is 0.102. The lowest BCUT2D eigenvalue weighted by Gasteiger charge is -2.21. The number of nitrogens with zero attached hydrogens (tertiary/aromatic N) is 3. The van der Waals surface area contributed by atoms with Crippen LogP contribution in [0, 0.1) is 11.6 Å². The van der Waals surface area contributed by atoms with Gasteiger partial charge < -0.3 is 10.2 Å². The van der Waals surface area contributed by atoms with E-state index < -0.39 is 17.5 Å². The predicted molar refractivity (Wildman–Crippen MR) is 87.0 cm³/mol. The molecular formula is C17H18F2N4O. The number of aromatic nitrogens is 2. The van der Waals surface area contributed by atoms with Gasteiger partial charge in [-0.2, -0.15) is 0 Å². The molecule has 0 unspecified atom stereocenters. The summed E-state index contributed by atoms with van der Waals surface area (Å²) in [5.74, 6) is -1.39. The number of carbonyl (C=O) groups excluding carboxylic acids is 1. The van der Waals surface area contributed by atoms with Gasteiger partial charge in [-0.15, -0.1) is 0 Å². The van der Waals surface area contributed by atoms with Crippen molar-refractivity contribution in [2.45, 2.75) is 25.7 Å². The van der Waals surface area contributed by atoms with Crippen LogP contribution < -0.4 is 10.2 Å². The van der Waals surface area contributed by atoms with Gasteiger partial charge in [0.15, 0.2) is 0 Å². The Morgan fingerprint density at radius 1 is 1.04 bits per heavy atom. The van der Waals surface area contributed by atoms with Crippen LogP contribution in [-0.4, -0.2) is 29.0 Å². The maximum Gasteiger partial charge on any atom is 0.274 e. The number of hydrogen-bond donors (Lipinski definition) is 1. The van der Waals surface area contributed by atoms with Crippen molar-refractivity contribution in [3.63, 3.8) is 0 Å². The van der Waals surface area contributed by atoms with Crippen LogP contribution in [0.3, 0.4) is 0 Å². The second kappa shape index (κ2) is 7.33. The zero-order chi connectivity index (χ0) is 16.9. The fourth-order valence-electron chi connectivity index (χ4n) is 2.72. The van der Waals surface area contributed by atoms with Crippen molar-refractivity contribution in [2.75, 3.05) is 23.3 Å². The van der Waals surface area contributed by atoms with E-state index in [2.05, 4.69) is 20.2 Å². The quantitative estimate of drug-likeness (QED) is 0.936. The van der Waals surface area contributed by atoms with Crippen LogP contribution >= 0.6 is 0 Å². The van der Waals surface area contributed by atoms with Gasteiger partial charge in [-0.05, 0) is 25.0 Å². The molecule has 0 saturated carbocycles. The van der Waals surface area contributed by atoms with Crippen LogP contribution in [0.2, 0.25) is 0 Å². The lowest BCUT2D eigenvalue weighted by Crippen LogP contribution is -2.25. The molecule has 126 valence electrons. The average molecular weight is 332 g/mol. The summed E-state index contributed by atoms with van der Waals surface area (Å²) in [6.45, 7) is 1.79. The third kappa shape index (κ3) is 3.84. The molecule has 1 aromatic heterocycles. The minimum absolute atomic E-state index is 0.0867. The Balaban J connectivity index is 1.76. The SMILES string of the molecule is O=C(Nc1ccc(F)cc1F)c1cc(N2CCCCCC2)ncn1. The zero-order valence-corrected chi connectivity index (χ0v) is 13.1. The number of nitrogens with one attached hydrogen (secondary N) is 1. The number of anilines is 2. The lowest BCUT2D eigenvalue weighted by atomic mass is 10.2. The van der Waals surface area contributed by atoms with Gasteiger partial charge >= 0.3 is 0 Å². The molecule has 24 heavy (non-hydrogen) atoms. The number of carbonyl (C=O) groups is 1. The van der Waals surface area contributed by atoms with E-state index in [0.29, 0.717) is 5.82 Å². The number of rotatable bonds is 3. The number of benzene rings is 1. The highest BCUT2D eigenvalue weighted by molar-refractivity contribution is 6.03. The summed E-state index contributed by atoms with van der Waals surface area (Å²) >= 11 is 0. The van der Waals surface area contributed by atoms with Crippen molar-refractivity contribution in [1.82, 2.24) is 9.97 Å². The summed E-state index contributed by atoms with van der Waals surface area (Å²) in [7, 11) is 0. The van der Waals surface area contributed by atoms with E-state index in [4.69, 9.17) is 0 Å². The summed E-state index contributed by atoms with van der Waals surface area (Å²) in [5.41, 5.74) is 0.0595. The summed E-state index contributed by atoms with van der Waals surface area (Å²) in [6.07, 6.45) is 5.90. The molecule has 0 radical (unpaired) electrons. The monoisotopic (exact) mass is 332 g/mol. The fourth-order valence-corrected chi connectivity index (χ4v) is 2.72. The van der Waals surface area contributed by atoms with Crippen LogP contribution in [0.5, 0.6) is 0 Å². The van der Waals surface area contributed by atoms with Gasteiger partial charge in [0.25, 0.3) is 5.91 Å². The van der Waals surface area contributed by atoms with Crippen LogP contribution in [0.15, 0.2) is 30.6 Å². The molecule has 1 aliphatic rings. The molecule has 2 heterocycles.